The van der Waals surface area contributed by atoms with Crippen molar-refractivity contribution in [1.82, 2.24) is 9.88 Å². The minimum Gasteiger partial charge on any atom is -0.503 e. The highest BCUT2D eigenvalue weighted by molar-refractivity contribution is 8.42. The number of hydrogen-bond acceptors (Lipinski definition) is 5. The predicted molar refractivity (Wildman–Crippen MR) is 128 cm³/mol. The largest absolute Gasteiger partial charge is 0.503 e. The molecule has 2 aliphatic heterocycles. The fourth-order valence-corrected chi connectivity index (χ4v) is 31.4. The number of rotatable bonds is 4. The van der Waals surface area contributed by atoms with Crippen LogP contribution in [0.3, 0.4) is 0 Å². The molecule has 1 atom stereocenters. The van der Waals surface area contributed by atoms with E-state index < -0.39 is 22.9 Å². The highest BCUT2D eigenvalue weighted by Crippen LogP contribution is 2.70. The van der Waals surface area contributed by atoms with Crippen LogP contribution in [0.15, 0.2) is 33.9 Å². The fourth-order valence-electron chi connectivity index (χ4n) is 4.80. The Labute approximate surface area is 172 Å². The normalized spacial score (nSPS) is 24.2. The molecule has 1 fully saturated rings. The summed E-state index contributed by atoms with van der Waals surface area (Å²) in [5.41, 5.74) is 1.89. The van der Waals surface area contributed by atoms with E-state index >= 15 is 0 Å². The van der Waals surface area contributed by atoms with Gasteiger partial charge in [-0.05, 0) is 31.4 Å². The number of hydrogen-bond donors (Lipinski definition) is 0. The van der Waals surface area contributed by atoms with Gasteiger partial charge in [0.25, 0.3) is 0 Å². The lowest BCUT2D eigenvalue weighted by Gasteiger charge is -2.43. The summed E-state index contributed by atoms with van der Waals surface area (Å²) in [5.74, 6) is 1.04. The molecule has 0 aliphatic carbocycles. The maximum atomic E-state index is 6.36. The van der Waals surface area contributed by atoms with Crippen LogP contribution in [0, 0.1) is 0 Å². The number of likely N-dealkylation sites (tertiary alicyclic amines) is 1. The van der Waals surface area contributed by atoms with E-state index in [1.807, 2.05) is 18.3 Å². The van der Waals surface area contributed by atoms with Crippen LogP contribution in [0.1, 0.15) is 25.0 Å². The Morgan fingerprint density at radius 2 is 1.59 bits per heavy atom. The third-order valence-corrected chi connectivity index (χ3v) is 24.4. The molecule has 4 nitrogen and oxygen atoms in total. The Balaban J connectivity index is 2.12. The first-order valence-electron chi connectivity index (χ1n) is 9.99. The van der Waals surface area contributed by atoms with Crippen molar-refractivity contribution in [3.8, 4) is 0 Å². The molecule has 1 saturated heterocycles. The van der Waals surface area contributed by atoms with Gasteiger partial charge in [-0.2, -0.15) is 0 Å². The zero-order chi connectivity index (χ0) is 19.9. The van der Waals surface area contributed by atoms with Crippen molar-refractivity contribution in [3.63, 3.8) is 0 Å². The SMILES string of the molecule is C[Si](C)(C)C([Si](C)(C)C)[P+]1([S-])N=C(c2ccccn2)C(N2CCCCC2)=N1. The molecule has 0 N–H and O–H groups in total. The van der Waals surface area contributed by atoms with Crippen molar-refractivity contribution in [2.75, 3.05) is 13.1 Å². The highest BCUT2D eigenvalue weighted by Gasteiger charge is 2.55. The van der Waals surface area contributed by atoms with Crippen molar-refractivity contribution in [2.45, 2.75) is 63.5 Å². The topological polar surface area (TPSA) is 40.9 Å². The average Bonchev–Trinajstić information content (AvgIpc) is 2.91. The lowest BCUT2D eigenvalue weighted by atomic mass is 10.1. The lowest BCUT2D eigenvalue weighted by Crippen LogP contribution is -2.53. The maximum Gasteiger partial charge on any atom is 0.198 e. The number of piperidine rings is 1. The van der Waals surface area contributed by atoms with E-state index in [1.165, 1.54) is 19.3 Å². The lowest BCUT2D eigenvalue weighted by molar-refractivity contribution is 0.346. The van der Waals surface area contributed by atoms with Crippen LogP contribution in [0.4, 0.5) is 0 Å². The van der Waals surface area contributed by atoms with Gasteiger partial charge in [0.15, 0.2) is 11.5 Å². The number of amidine groups is 1. The predicted octanol–water partition coefficient (Wildman–Crippen LogP) is 5.20. The van der Waals surface area contributed by atoms with E-state index in [4.69, 9.17) is 21.8 Å². The Morgan fingerprint density at radius 1 is 0.963 bits per heavy atom. The van der Waals surface area contributed by atoms with E-state index in [9.17, 15) is 0 Å². The second-order valence-corrected chi connectivity index (χ2v) is 25.7. The van der Waals surface area contributed by atoms with Crippen LogP contribution >= 0.6 is 6.77 Å². The molecule has 148 valence electrons. The van der Waals surface area contributed by atoms with Gasteiger partial charge in [-0.3, -0.25) is 4.98 Å². The van der Waals surface area contributed by atoms with Gasteiger partial charge in [0.05, 0.1) is 26.7 Å². The first-order chi connectivity index (χ1) is 12.5. The number of pyridine rings is 1. The van der Waals surface area contributed by atoms with E-state index in [0.29, 0.717) is 4.91 Å². The molecule has 0 spiro atoms. The van der Waals surface area contributed by atoms with Gasteiger partial charge >= 0.3 is 0 Å². The summed E-state index contributed by atoms with van der Waals surface area (Å²) in [6.45, 7) is 14.6. The molecule has 3 rings (SSSR count). The van der Waals surface area contributed by atoms with Crippen molar-refractivity contribution in [1.29, 1.82) is 0 Å². The molecular formula is C19H33N4PSSi2. The number of nitrogens with zero attached hydrogens (tertiary/aromatic N) is 4. The standard InChI is InChI=1S/C19H33N4PSSi2/c1-26(2,3)19(27(4,5)6)24(25)21-17(16-12-8-9-13-20-16)18(22-24)23-14-10-7-11-15-23/h8-9,12-13,19H,7,10-11,14-15H2,1-6H3. The van der Waals surface area contributed by atoms with E-state index in [2.05, 4.69) is 55.2 Å². The summed E-state index contributed by atoms with van der Waals surface area (Å²) in [5, 5.41) is 0. The Morgan fingerprint density at radius 3 is 2.11 bits per heavy atom. The summed E-state index contributed by atoms with van der Waals surface area (Å²) < 4.78 is 10.6. The van der Waals surface area contributed by atoms with E-state index in [-0.39, 0.29) is 0 Å². The molecule has 27 heavy (non-hydrogen) atoms. The summed E-state index contributed by atoms with van der Waals surface area (Å²) >= 11 is 6.36. The van der Waals surface area contributed by atoms with Crippen molar-refractivity contribution in [2.24, 2.45) is 9.53 Å². The van der Waals surface area contributed by atoms with Gasteiger partial charge < -0.3 is 17.1 Å². The van der Waals surface area contributed by atoms with Gasteiger partial charge in [0.2, 0.25) is 0 Å². The van der Waals surface area contributed by atoms with Crippen molar-refractivity contribution < 1.29 is 0 Å². The van der Waals surface area contributed by atoms with Crippen LogP contribution in [-0.4, -0.2) is 55.6 Å². The van der Waals surface area contributed by atoms with Crippen LogP contribution < -0.4 is 0 Å². The minimum atomic E-state index is -2.22. The maximum absolute atomic E-state index is 6.36. The molecule has 1 aromatic rings. The fraction of sp³-hybridized carbons (Fsp3) is 0.632. The first-order valence-corrected chi connectivity index (χ1v) is 19.9. The zero-order valence-corrected chi connectivity index (χ0v) is 21.3. The van der Waals surface area contributed by atoms with Crippen molar-refractivity contribution in [3.05, 3.63) is 30.1 Å². The molecule has 2 aliphatic rings. The van der Waals surface area contributed by atoms with E-state index in [1.54, 1.807) is 0 Å². The molecule has 0 bridgehead atoms. The summed E-state index contributed by atoms with van der Waals surface area (Å²) in [6, 6.07) is 6.05. The van der Waals surface area contributed by atoms with Crippen LogP contribution in [-0.2, 0) is 12.2 Å². The second-order valence-electron chi connectivity index (χ2n) is 9.86. The molecule has 1 unspecified atom stereocenters. The van der Waals surface area contributed by atoms with Gasteiger partial charge in [-0.25, -0.2) is 0 Å². The summed E-state index contributed by atoms with van der Waals surface area (Å²) in [6.07, 6.45) is 5.61. The molecule has 0 radical (unpaired) electrons. The van der Waals surface area contributed by atoms with E-state index in [0.717, 1.165) is 30.3 Å². The van der Waals surface area contributed by atoms with Gasteiger partial charge in [-0.1, -0.05) is 45.3 Å². The summed E-state index contributed by atoms with van der Waals surface area (Å²) in [4.78, 5) is 7.55. The summed E-state index contributed by atoms with van der Waals surface area (Å²) in [7, 11) is -3.03. The molecular weight excluding hydrogens is 403 g/mol. The molecule has 3 heterocycles. The van der Waals surface area contributed by atoms with Crippen LogP contribution in [0.25, 0.3) is 0 Å². The molecule has 0 amide bonds. The van der Waals surface area contributed by atoms with Crippen LogP contribution in [0.2, 0.25) is 39.3 Å². The monoisotopic (exact) mass is 436 g/mol. The molecule has 8 heteroatoms. The Hall–Kier alpha value is -0.496. The first kappa shape index (κ1) is 21.2. The molecule has 0 aromatic carbocycles. The quantitative estimate of drug-likeness (QED) is 0.370. The Kier molecular flexibility index (Phi) is 6.08. The molecule has 0 saturated carbocycles. The van der Waals surface area contributed by atoms with Gasteiger partial charge in [-0.15, -0.1) is 9.53 Å². The average molecular weight is 437 g/mol. The number of aromatic nitrogens is 1. The third kappa shape index (κ3) is 4.57. The second kappa shape index (κ2) is 7.73. The van der Waals surface area contributed by atoms with Gasteiger partial charge in [0.1, 0.15) is 6.77 Å². The smallest absolute Gasteiger partial charge is 0.198 e. The van der Waals surface area contributed by atoms with Crippen LogP contribution in [0.5, 0.6) is 0 Å². The van der Waals surface area contributed by atoms with Crippen molar-refractivity contribution >= 4 is 46.7 Å². The highest BCUT2D eigenvalue weighted by atomic mass is 32.7. The van der Waals surface area contributed by atoms with Gasteiger partial charge in [0, 0.05) is 19.3 Å². The molecule has 1 aromatic heterocycles. The minimum absolute atomic E-state index is 0.508. The Bertz CT molecular complexity index is 722. The third-order valence-electron chi connectivity index (χ3n) is 5.23. The zero-order valence-electron chi connectivity index (χ0n) is 17.6.